The summed E-state index contributed by atoms with van der Waals surface area (Å²) in [5.74, 6) is 0.716. The molecule has 24 heavy (non-hydrogen) atoms. The van der Waals surface area contributed by atoms with Gasteiger partial charge in [0.15, 0.2) is 0 Å². The largest absolute Gasteiger partial charge is 0.494 e. The first-order chi connectivity index (χ1) is 11.8. The van der Waals surface area contributed by atoms with Crippen LogP contribution < -0.4 is 10.1 Å². The fraction of sp³-hybridized carbons (Fsp3) is 0.263. The Morgan fingerprint density at radius 3 is 3.00 bits per heavy atom. The van der Waals surface area contributed by atoms with E-state index < -0.39 is 0 Å². The molecular weight excluding hydrogens is 302 g/mol. The summed E-state index contributed by atoms with van der Waals surface area (Å²) in [6.45, 7) is 3.30. The molecule has 0 aliphatic carbocycles. The Balaban J connectivity index is 1.64. The lowest BCUT2D eigenvalue weighted by atomic mass is 10.1. The fourth-order valence-corrected chi connectivity index (χ4v) is 2.52. The topological polar surface area (TPSA) is 67.0 Å². The van der Waals surface area contributed by atoms with Crippen LogP contribution in [0.15, 0.2) is 48.7 Å². The second-order valence-electron chi connectivity index (χ2n) is 5.67. The van der Waals surface area contributed by atoms with Crippen molar-refractivity contribution in [3.63, 3.8) is 0 Å². The van der Waals surface area contributed by atoms with Gasteiger partial charge >= 0.3 is 0 Å². The summed E-state index contributed by atoms with van der Waals surface area (Å²) in [5.41, 5.74) is 2.36. The molecule has 3 aromatic rings. The second kappa shape index (κ2) is 7.64. The number of ether oxygens (including phenoxy) is 1. The van der Waals surface area contributed by atoms with Crippen LogP contribution in [0, 0.1) is 0 Å². The van der Waals surface area contributed by atoms with Crippen LogP contribution in [0.1, 0.15) is 35.7 Å². The van der Waals surface area contributed by atoms with Gasteiger partial charge < -0.3 is 10.1 Å². The quantitative estimate of drug-likeness (QED) is 0.652. The zero-order valence-electron chi connectivity index (χ0n) is 13.7. The first-order valence-corrected chi connectivity index (χ1v) is 8.20. The van der Waals surface area contributed by atoms with Crippen LogP contribution in [0.5, 0.6) is 5.75 Å². The molecule has 0 radical (unpaired) electrons. The average Bonchev–Trinajstić information content (AvgIpc) is 3.09. The smallest absolute Gasteiger partial charge is 0.253 e. The Bertz CT molecular complexity index is 826. The van der Waals surface area contributed by atoms with Gasteiger partial charge in [-0.2, -0.15) is 5.10 Å². The normalized spacial score (nSPS) is 10.7. The maximum absolute atomic E-state index is 12.4. The lowest BCUT2D eigenvalue weighted by Crippen LogP contribution is -2.23. The summed E-state index contributed by atoms with van der Waals surface area (Å²) in [4.78, 5) is 12.4. The Kier molecular flexibility index (Phi) is 5.11. The minimum absolute atomic E-state index is 0.123. The number of carbonyl (C=O) groups is 1. The summed E-state index contributed by atoms with van der Waals surface area (Å²) < 4.78 is 5.70. The number of unbranched alkanes of at least 4 members (excludes halogenated alkanes) is 1. The third-order valence-corrected chi connectivity index (χ3v) is 3.84. The van der Waals surface area contributed by atoms with E-state index in [1.807, 2.05) is 36.4 Å². The molecule has 1 aromatic heterocycles. The van der Waals surface area contributed by atoms with E-state index in [0.717, 1.165) is 35.1 Å². The zero-order chi connectivity index (χ0) is 16.8. The number of fused-ring (bicyclic) bond motifs is 1. The third-order valence-electron chi connectivity index (χ3n) is 3.84. The second-order valence-corrected chi connectivity index (χ2v) is 5.67. The number of aromatic nitrogens is 2. The van der Waals surface area contributed by atoms with E-state index >= 15 is 0 Å². The summed E-state index contributed by atoms with van der Waals surface area (Å²) in [7, 11) is 0. The number of nitrogens with zero attached hydrogens (tertiary/aromatic N) is 1. The standard InChI is InChI=1S/C19H21N3O2/c1-2-3-10-24-16-8-4-6-14(11-16)12-20-19(23)17-9-5-7-15-13-21-22-18(15)17/h4-9,11,13H,2-3,10,12H2,1H3,(H,20,23)(H,21,22). The highest BCUT2D eigenvalue weighted by molar-refractivity contribution is 6.05. The Hall–Kier alpha value is -2.82. The predicted octanol–water partition coefficient (Wildman–Crippen LogP) is 3.67. The van der Waals surface area contributed by atoms with Crippen molar-refractivity contribution in [2.24, 2.45) is 0 Å². The van der Waals surface area contributed by atoms with Crippen molar-refractivity contribution in [2.75, 3.05) is 6.61 Å². The molecular formula is C19H21N3O2. The molecule has 1 amide bonds. The van der Waals surface area contributed by atoms with E-state index in [1.54, 1.807) is 12.3 Å². The molecule has 3 rings (SSSR count). The lowest BCUT2D eigenvalue weighted by molar-refractivity contribution is 0.0952. The number of amides is 1. The molecule has 2 aromatic carbocycles. The highest BCUT2D eigenvalue weighted by atomic mass is 16.5. The predicted molar refractivity (Wildman–Crippen MR) is 94.1 cm³/mol. The average molecular weight is 323 g/mol. The molecule has 1 heterocycles. The first kappa shape index (κ1) is 16.1. The van der Waals surface area contributed by atoms with E-state index in [2.05, 4.69) is 22.4 Å². The summed E-state index contributed by atoms with van der Waals surface area (Å²) >= 11 is 0. The van der Waals surface area contributed by atoms with Crippen LogP contribution in [-0.2, 0) is 6.54 Å². The first-order valence-electron chi connectivity index (χ1n) is 8.20. The lowest BCUT2D eigenvalue weighted by Gasteiger charge is -2.09. The highest BCUT2D eigenvalue weighted by Crippen LogP contribution is 2.16. The van der Waals surface area contributed by atoms with Crippen LogP contribution >= 0.6 is 0 Å². The number of benzene rings is 2. The highest BCUT2D eigenvalue weighted by Gasteiger charge is 2.11. The number of hydrogen-bond acceptors (Lipinski definition) is 3. The van der Waals surface area contributed by atoms with E-state index in [9.17, 15) is 4.79 Å². The van der Waals surface area contributed by atoms with Crippen LogP contribution in [0.25, 0.3) is 10.9 Å². The Morgan fingerprint density at radius 2 is 2.12 bits per heavy atom. The molecule has 0 bridgehead atoms. The maximum Gasteiger partial charge on any atom is 0.253 e. The molecule has 2 N–H and O–H groups in total. The fourth-order valence-electron chi connectivity index (χ4n) is 2.52. The minimum Gasteiger partial charge on any atom is -0.494 e. The van der Waals surface area contributed by atoms with Gasteiger partial charge in [0.2, 0.25) is 0 Å². The van der Waals surface area contributed by atoms with E-state index in [1.165, 1.54) is 0 Å². The summed E-state index contributed by atoms with van der Waals surface area (Å²) in [6, 6.07) is 13.4. The van der Waals surface area contributed by atoms with Gasteiger partial charge in [-0.15, -0.1) is 0 Å². The van der Waals surface area contributed by atoms with E-state index in [0.29, 0.717) is 18.7 Å². The monoisotopic (exact) mass is 323 g/mol. The molecule has 0 spiro atoms. The van der Waals surface area contributed by atoms with Gasteiger partial charge in [0.25, 0.3) is 5.91 Å². The number of carbonyl (C=O) groups excluding carboxylic acids is 1. The van der Waals surface area contributed by atoms with Gasteiger partial charge in [-0.1, -0.05) is 37.6 Å². The van der Waals surface area contributed by atoms with Gasteiger partial charge in [0.05, 0.1) is 23.9 Å². The molecule has 5 nitrogen and oxygen atoms in total. The number of hydrogen-bond donors (Lipinski definition) is 2. The number of H-pyrrole nitrogens is 1. The third kappa shape index (κ3) is 3.74. The Morgan fingerprint density at radius 1 is 1.25 bits per heavy atom. The van der Waals surface area contributed by atoms with Crippen molar-refractivity contribution in [1.82, 2.24) is 15.5 Å². The maximum atomic E-state index is 12.4. The van der Waals surface area contributed by atoms with Crippen molar-refractivity contribution in [3.05, 3.63) is 59.8 Å². The molecule has 0 aliphatic rings. The number of rotatable bonds is 7. The minimum atomic E-state index is -0.123. The molecule has 0 fully saturated rings. The molecule has 124 valence electrons. The van der Waals surface area contributed by atoms with Gasteiger partial charge in [-0.25, -0.2) is 0 Å². The zero-order valence-corrected chi connectivity index (χ0v) is 13.7. The van der Waals surface area contributed by atoms with Gasteiger partial charge in [-0.3, -0.25) is 9.89 Å². The molecule has 0 atom stereocenters. The van der Waals surface area contributed by atoms with Crippen LogP contribution in [0.4, 0.5) is 0 Å². The van der Waals surface area contributed by atoms with Crippen molar-refractivity contribution in [2.45, 2.75) is 26.3 Å². The molecule has 0 aliphatic heterocycles. The SMILES string of the molecule is CCCCOc1cccc(CNC(=O)c2cccc3cn[nH]c23)c1. The van der Waals surface area contributed by atoms with Crippen molar-refractivity contribution < 1.29 is 9.53 Å². The number of aromatic amines is 1. The molecule has 0 saturated carbocycles. The molecule has 5 heteroatoms. The van der Waals surface area contributed by atoms with Crippen LogP contribution in [0.3, 0.4) is 0 Å². The van der Waals surface area contributed by atoms with Crippen LogP contribution in [0.2, 0.25) is 0 Å². The van der Waals surface area contributed by atoms with Crippen molar-refractivity contribution in [3.8, 4) is 5.75 Å². The van der Waals surface area contributed by atoms with E-state index in [4.69, 9.17) is 4.74 Å². The summed E-state index contributed by atoms with van der Waals surface area (Å²) in [6.07, 6.45) is 3.85. The Labute approximate surface area is 141 Å². The van der Waals surface area contributed by atoms with Gasteiger partial charge in [0, 0.05) is 11.9 Å². The number of para-hydroxylation sites is 1. The van der Waals surface area contributed by atoms with Crippen LogP contribution in [-0.4, -0.2) is 22.7 Å². The summed E-state index contributed by atoms with van der Waals surface area (Å²) in [5, 5.41) is 10.7. The van der Waals surface area contributed by atoms with Gasteiger partial charge in [0.1, 0.15) is 5.75 Å². The van der Waals surface area contributed by atoms with Crippen molar-refractivity contribution in [1.29, 1.82) is 0 Å². The van der Waals surface area contributed by atoms with Crippen molar-refractivity contribution >= 4 is 16.8 Å². The number of nitrogens with one attached hydrogen (secondary N) is 2. The van der Waals surface area contributed by atoms with Gasteiger partial charge in [-0.05, 0) is 30.2 Å². The van der Waals surface area contributed by atoms with E-state index in [-0.39, 0.29) is 5.91 Å². The molecule has 0 saturated heterocycles. The molecule has 0 unspecified atom stereocenters.